The third-order valence-electron chi connectivity index (χ3n) is 6.41. The van der Waals surface area contributed by atoms with Crippen molar-refractivity contribution < 1.29 is 27.5 Å². The largest absolute Gasteiger partial charge is 0.454 e. The van der Waals surface area contributed by atoms with Gasteiger partial charge in [0, 0.05) is 24.2 Å². The Morgan fingerprint density at radius 2 is 1.59 bits per heavy atom. The Bertz CT molecular complexity index is 949. The molecule has 3 atom stereocenters. The lowest BCUT2D eigenvalue weighted by molar-refractivity contribution is -0.158. The number of likely N-dealkylation sites (tertiary alicyclic amines) is 1. The molecule has 176 valence electrons. The van der Waals surface area contributed by atoms with Gasteiger partial charge < -0.3 is 9.64 Å². The SMILES string of the molecule is CC(=O)c1ccc(S(=O)(=O)N2CCCCC2C(=O)OCC(=O)N2C(C)CCCC2C)cc1. The monoisotopic (exact) mass is 464 g/mol. The summed E-state index contributed by atoms with van der Waals surface area (Å²) >= 11 is 0. The average molecular weight is 465 g/mol. The van der Waals surface area contributed by atoms with Gasteiger partial charge in [-0.05, 0) is 71.4 Å². The number of carbonyl (C=O) groups is 3. The molecule has 0 spiro atoms. The van der Waals surface area contributed by atoms with E-state index in [0.717, 1.165) is 23.6 Å². The smallest absolute Gasteiger partial charge is 0.324 e. The summed E-state index contributed by atoms with van der Waals surface area (Å²) in [6.45, 7) is 5.20. The van der Waals surface area contributed by atoms with E-state index in [1.165, 1.54) is 31.2 Å². The summed E-state index contributed by atoms with van der Waals surface area (Å²) in [5, 5.41) is 0. The van der Waals surface area contributed by atoms with E-state index in [0.29, 0.717) is 24.8 Å². The molecule has 2 heterocycles. The van der Waals surface area contributed by atoms with Crippen LogP contribution in [-0.2, 0) is 24.3 Å². The fourth-order valence-corrected chi connectivity index (χ4v) is 6.29. The molecule has 9 heteroatoms. The molecule has 1 aromatic rings. The maximum absolute atomic E-state index is 13.2. The molecular weight excluding hydrogens is 432 g/mol. The summed E-state index contributed by atoms with van der Waals surface area (Å²) in [7, 11) is -3.95. The standard InChI is InChI=1S/C23H32N2O6S/c1-16-7-6-8-17(2)25(16)22(27)15-31-23(28)21-9-4-5-14-24(21)32(29,30)20-12-10-19(11-13-20)18(3)26/h10-13,16-17,21H,4-9,14-15H2,1-3H3. The van der Waals surface area contributed by atoms with E-state index in [1.807, 2.05) is 13.8 Å². The van der Waals surface area contributed by atoms with Crippen LogP contribution in [0.4, 0.5) is 0 Å². The van der Waals surface area contributed by atoms with E-state index >= 15 is 0 Å². The number of hydrogen-bond donors (Lipinski definition) is 0. The summed E-state index contributed by atoms with van der Waals surface area (Å²) in [6, 6.07) is 4.91. The number of ether oxygens (including phenoxy) is 1. The van der Waals surface area contributed by atoms with Gasteiger partial charge in [0.2, 0.25) is 10.0 Å². The Labute approximate surface area is 190 Å². The van der Waals surface area contributed by atoms with Crippen LogP contribution >= 0.6 is 0 Å². The highest BCUT2D eigenvalue weighted by atomic mass is 32.2. The van der Waals surface area contributed by atoms with Crippen LogP contribution in [0.25, 0.3) is 0 Å². The topological polar surface area (TPSA) is 101 Å². The van der Waals surface area contributed by atoms with Crippen LogP contribution in [0.1, 0.15) is 69.7 Å². The summed E-state index contributed by atoms with van der Waals surface area (Å²) in [4.78, 5) is 38.8. The zero-order valence-corrected chi connectivity index (χ0v) is 19.8. The Morgan fingerprint density at radius 3 is 2.19 bits per heavy atom. The normalized spacial score (nSPS) is 24.7. The maximum Gasteiger partial charge on any atom is 0.324 e. The molecular formula is C23H32N2O6S. The van der Waals surface area contributed by atoms with Crippen molar-refractivity contribution in [1.82, 2.24) is 9.21 Å². The molecule has 1 amide bonds. The zero-order chi connectivity index (χ0) is 23.5. The van der Waals surface area contributed by atoms with Gasteiger partial charge in [-0.3, -0.25) is 14.4 Å². The third kappa shape index (κ3) is 5.20. The van der Waals surface area contributed by atoms with Crippen molar-refractivity contribution in [3.8, 4) is 0 Å². The fraction of sp³-hybridized carbons (Fsp3) is 0.609. The highest BCUT2D eigenvalue weighted by Crippen LogP contribution is 2.27. The molecule has 2 aliphatic heterocycles. The summed E-state index contributed by atoms with van der Waals surface area (Å²) in [5.74, 6) is -1.10. The lowest BCUT2D eigenvalue weighted by atomic mass is 9.97. The van der Waals surface area contributed by atoms with Gasteiger partial charge in [0.1, 0.15) is 6.04 Å². The van der Waals surface area contributed by atoms with Crippen molar-refractivity contribution in [2.45, 2.75) is 82.3 Å². The van der Waals surface area contributed by atoms with Gasteiger partial charge in [-0.15, -0.1) is 0 Å². The lowest BCUT2D eigenvalue weighted by Gasteiger charge is -2.39. The number of esters is 1. The molecule has 2 saturated heterocycles. The number of sulfonamides is 1. The molecule has 0 aromatic heterocycles. The molecule has 0 N–H and O–H groups in total. The van der Waals surface area contributed by atoms with Gasteiger partial charge >= 0.3 is 5.97 Å². The Morgan fingerprint density at radius 1 is 0.969 bits per heavy atom. The van der Waals surface area contributed by atoms with Crippen LogP contribution in [0.5, 0.6) is 0 Å². The molecule has 32 heavy (non-hydrogen) atoms. The third-order valence-corrected chi connectivity index (χ3v) is 8.34. The number of carbonyl (C=O) groups excluding carboxylic acids is 3. The van der Waals surface area contributed by atoms with Crippen LogP contribution in [0, 0.1) is 0 Å². The van der Waals surface area contributed by atoms with E-state index in [-0.39, 0.29) is 41.8 Å². The number of amides is 1. The number of rotatable bonds is 6. The van der Waals surface area contributed by atoms with Gasteiger partial charge in [0.05, 0.1) is 4.90 Å². The van der Waals surface area contributed by atoms with Crippen molar-refractivity contribution in [3.63, 3.8) is 0 Å². The van der Waals surface area contributed by atoms with E-state index in [2.05, 4.69) is 0 Å². The summed E-state index contributed by atoms with van der Waals surface area (Å²) < 4.78 is 32.9. The molecule has 0 saturated carbocycles. The molecule has 3 unspecified atom stereocenters. The van der Waals surface area contributed by atoms with E-state index in [9.17, 15) is 22.8 Å². The maximum atomic E-state index is 13.2. The number of nitrogens with zero attached hydrogens (tertiary/aromatic N) is 2. The minimum atomic E-state index is -3.95. The molecule has 3 rings (SSSR count). The Balaban J connectivity index is 1.70. The minimum absolute atomic E-state index is 0.0224. The number of piperidine rings is 2. The van der Waals surface area contributed by atoms with Gasteiger partial charge in [-0.2, -0.15) is 4.31 Å². The Kier molecular flexibility index (Phi) is 7.71. The van der Waals surface area contributed by atoms with Gasteiger partial charge in [-0.25, -0.2) is 8.42 Å². The second kappa shape index (κ2) is 10.1. The van der Waals surface area contributed by atoms with Crippen LogP contribution in [-0.4, -0.2) is 66.6 Å². The molecule has 0 bridgehead atoms. The first-order valence-corrected chi connectivity index (χ1v) is 12.7. The molecule has 0 radical (unpaired) electrons. The minimum Gasteiger partial charge on any atom is -0.454 e. The molecule has 8 nitrogen and oxygen atoms in total. The first kappa shape index (κ1) is 24.4. The van der Waals surface area contributed by atoms with Gasteiger partial charge in [0.25, 0.3) is 5.91 Å². The van der Waals surface area contributed by atoms with Crippen LogP contribution in [0.2, 0.25) is 0 Å². The Hall–Kier alpha value is -2.26. The number of ketones is 1. The van der Waals surface area contributed by atoms with Crippen molar-refractivity contribution >= 4 is 27.7 Å². The van der Waals surface area contributed by atoms with E-state index < -0.39 is 22.0 Å². The highest BCUT2D eigenvalue weighted by molar-refractivity contribution is 7.89. The van der Waals surface area contributed by atoms with E-state index in [4.69, 9.17) is 4.74 Å². The molecule has 2 aliphatic rings. The van der Waals surface area contributed by atoms with Crippen LogP contribution < -0.4 is 0 Å². The molecule has 0 aliphatic carbocycles. The van der Waals surface area contributed by atoms with Gasteiger partial charge in [-0.1, -0.05) is 12.1 Å². The van der Waals surface area contributed by atoms with E-state index in [1.54, 1.807) is 4.90 Å². The highest BCUT2D eigenvalue weighted by Gasteiger charge is 2.39. The zero-order valence-electron chi connectivity index (χ0n) is 19.0. The molecule has 1 aromatic carbocycles. The lowest BCUT2D eigenvalue weighted by Crippen LogP contribution is -2.51. The van der Waals surface area contributed by atoms with Crippen molar-refractivity contribution in [1.29, 1.82) is 0 Å². The fourth-order valence-electron chi connectivity index (χ4n) is 4.64. The predicted molar refractivity (Wildman–Crippen MR) is 119 cm³/mol. The van der Waals surface area contributed by atoms with Crippen molar-refractivity contribution in [3.05, 3.63) is 29.8 Å². The number of hydrogen-bond acceptors (Lipinski definition) is 6. The number of benzene rings is 1. The molecule has 2 fully saturated rings. The quantitative estimate of drug-likeness (QED) is 0.474. The van der Waals surface area contributed by atoms with Crippen molar-refractivity contribution in [2.24, 2.45) is 0 Å². The second-order valence-electron chi connectivity index (χ2n) is 8.75. The average Bonchev–Trinajstić information content (AvgIpc) is 2.77. The first-order chi connectivity index (χ1) is 15.1. The predicted octanol–water partition coefficient (Wildman–Crippen LogP) is 2.77. The van der Waals surface area contributed by atoms with Gasteiger partial charge in [0.15, 0.2) is 12.4 Å². The van der Waals surface area contributed by atoms with Crippen molar-refractivity contribution in [2.75, 3.05) is 13.2 Å². The van der Waals surface area contributed by atoms with Crippen LogP contribution in [0.3, 0.4) is 0 Å². The second-order valence-corrected chi connectivity index (χ2v) is 10.6. The summed E-state index contributed by atoms with van der Waals surface area (Å²) in [5.41, 5.74) is 0.415. The summed E-state index contributed by atoms with van der Waals surface area (Å²) in [6.07, 6.45) is 4.57. The van der Waals surface area contributed by atoms with Crippen LogP contribution in [0.15, 0.2) is 29.2 Å². The first-order valence-electron chi connectivity index (χ1n) is 11.2. The number of Topliss-reactive ketones (excluding diaryl/α,β-unsaturated/α-hetero) is 1.